The normalized spacial score (nSPS) is 14.7. The van der Waals surface area contributed by atoms with E-state index in [-0.39, 0.29) is 26.1 Å². The molecule has 0 aromatic carbocycles. The fourth-order valence-corrected chi connectivity index (χ4v) is 5.93. The summed E-state index contributed by atoms with van der Waals surface area (Å²) in [5.74, 6) is -0.913. The average molecular weight is 855 g/mol. The zero-order valence-electron chi connectivity index (χ0n) is 37.9. The molecule has 0 aliphatic heterocycles. The van der Waals surface area contributed by atoms with Crippen molar-refractivity contribution in [2.24, 2.45) is 0 Å². The van der Waals surface area contributed by atoms with Crippen molar-refractivity contribution in [3.05, 3.63) is 122 Å². The summed E-state index contributed by atoms with van der Waals surface area (Å²) >= 11 is 0. The van der Waals surface area contributed by atoms with E-state index in [9.17, 15) is 19.0 Å². The first-order valence-corrected chi connectivity index (χ1v) is 23.8. The highest BCUT2D eigenvalue weighted by Crippen LogP contribution is 2.43. The highest BCUT2D eigenvalue weighted by Gasteiger charge is 2.27. The maximum absolute atomic E-state index is 12.6. The van der Waals surface area contributed by atoms with Gasteiger partial charge in [-0.1, -0.05) is 167 Å². The molecule has 0 fully saturated rings. The molecule has 10 heteroatoms. The molecule has 2 unspecified atom stereocenters. The summed E-state index contributed by atoms with van der Waals surface area (Å²) in [5, 5.41) is 0. The minimum Gasteiger partial charge on any atom is -0.462 e. The number of hydrogen-bond donors (Lipinski definition) is 1. The maximum atomic E-state index is 12.6. The first kappa shape index (κ1) is 56.4. The van der Waals surface area contributed by atoms with E-state index in [2.05, 4.69) is 80.7 Å². The number of carbonyl (C=O) groups is 2. The number of likely N-dealkylation sites (N-methyl/N-ethyl adjacent to an activating group) is 1. The number of hydrogen-bond acceptors (Lipinski definition) is 7. The van der Waals surface area contributed by atoms with Gasteiger partial charge in [0.25, 0.3) is 0 Å². The number of phosphoric acid groups is 1. The Morgan fingerprint density at radius 1 is 0.533 bits per heavy atom. The van der Waals surface area contributed by atoms with Crippen LogP contribution in [0, 0.1) is 0 Å². The van der Waals surface area contributed by atoms with Gasteiger partial charge in [-0.05, 0) is 70.6 Å². The van der Waals surface area contributed by atoms with E-state index in [1.54, 1.807) is 0 Å². The van der Waals surface area contributed by atoms with Crippen molar-refractivity contribution < 1.29 is 42.1 Å². The van der Waals surface area contributed by atoms with E-state index in [1.165, 1.54) is 19.3 Å². The van der Waals surface area contributed by atoms with E-state index in [0.717, 1.165) is 64.2 Å². The maximum Gasteiger partial charge on any atom is 0.472 e. The number of nitrogens with zero attached hydrogens (tertiary/aromatic N) is 1. The minimum atomic E-state index is -4.41. The number of esters is 2. The predicted molar refractivity (Wildman–Crippen MR) is 251 cm³/mol. The van der Waals surface area contributed by atoms with E-state index >= 15 is 0 Å². The average Bonchev–Trinajstić information content (AvgIpc) is 3.20. The predicted octanol–water partition coefficient (Wildman–Crippen LogP) is 12.9. The van der Waals surface area contributed by atoms with Crippen LogP contribution in [0.4, 0.5) is 0 Å². The van der Waals surface area contributed by atoms with Crippen LogP contribution in [0.1, 0.15) is 129 Å². The van der Waals surface area contributed by atoms with E-state index in [1.807, 2.05) is 75.8 Å². The number of quaternary nitrogens is 1. The molecule has 0 spiro atoms. The molecular weight excluding hydrogens is 774 g/mol. The van der Waals surface area contributed by atoms with E-state index in [0.29, 0.717) is 30.3 Å². The van der Waals surface area contributed by atoms with Crippen molar-refractivity contribution in [1.82, 2.24) is 0 Å². The van der Waals surface area contributed by atoms with Gasteiger partial charge in [-0.15, -0.1) is 0 Å². The van der Waals surface area contributed by atoms with Crippen LogP contribution in [0.5, 0.6) is 0 Å². The third-order valence-electron chi connectivity index (χ3n) is 8.62. The van der Waals surface area contributed by atoms with Crippen LogP contribution in [-0.2, 0) is 32.7 Å². The minimum absolute atomic E-state index is 0.00844. The molecular formula is C50H81NO8P+. The van der Waals surface area contributed by atoms with E-state index in [4.69, 9.17) is 18.5 Å². The van der Waals surface area contributed by atoms with Crippen molar-refractivity contribution in [2.75, 3.05) is 47.5 Å². The van der Waals surface area contributed by atoms with Crippen LogP contribution in [0.25, 0.3) is 0 Å². The Hall–Kier alpha value is -3.59. The molecule has 0 amide bonds. The highest BCUT2D eigenvalue weighted by molar-refractivity contribution is 7.47. The molecule has 0 saturated carbocycles. The Kier molecular flexibility index (Phi) is 38.4. The summed E-state index contributed by atoms with van der Waals surface area (Å²) in [4.78, 5) is 35.3. The quantitative estimate of drug-likeness (QED) is 0.0163. The van der Waals surface area contributed by atoms with Gasteiger partial charge in [0, 0.05) is 12.8 Å². The number of phosphoric ester groups is 1. The summed E-state index contributed by atoms with van der Waals surface area (Å²) in [6.07, 6.45) is 57.0. The lowest BCUT2D eigenvalue weighted by Crippen LogP contribution is -2.37. The lowest BCUT2D eigenvalue weighted by molar-refractivity contribution is -0.870. The van der Waals surface area contributed by atoms with Crippen molar-refractivity contribution >= 4 is 19.8 Å². The Bertz CT molecular complexity index is 1430. The zero-order valence-corrected chi connectivity index (χ0v) is 38.8. The third-order valence-corrected chi connectivity index (χ3v) is 9.60. The van der Waals surface area contributed by atoms with Gasteiger partial charge in [0.1, 0.15) is 19.8 Å². The Balaban J connectivity index is 4.41. The van der Waals surface area contributed by atoms with Gasteiger partial charge in [0.2, 0.25) is 0 Å². The molecule has 2 atom stereocenters. The Morgan fingerprint density at radius 3 is 1.57 bits per heavy atom. The number of ether oxygens (including phenoxy) is 2. The molecule has 0 heterocycles. The standard InChI is InChI=1S/C50H80NO8P/c1-6-8-10-12-14-16-18-20-21-22-23-24-25-26-27-28-29-31-32-34-36-38-40-42-49(52)56-46-48(47-58-60(54,55)57-45-44-51(3,4)5)59-50(53)43-41-39-37-35-33-30-19-17-15-13-11-9-7-2/h8-11,13-17,19-21,23-24,26-27,30,33,35,37,48H,6-7,12,18,22,25,28-29,31-32,34,36,38-47H2,1-5H3/p+1/b10-8+,11-9+,15-13+,16-14+,19-17+,21-20+,24-23+,27-26+,33-30+,37-35+. The summed E-state index contributed by atoms with van der Waals surface area (Å²) in [5.41, 5.74) is 0. The second kappa shape index (κ2) is 40.8. The van der Waals surface area contributed by atoms with Crippen LogP contribution in [0.15, 0.2) is 122 Å². The first-order valence-electron chi connectivity index (χ1n) is 22.3. The molecule has 0 aromatic heterocycles. The Labute approximate surface area is 365 Å². The van der Waals surface area contributed by atoms with Gasteiger partial charge in [-0.3, -0.25) is 18.6 Å². The number of rotatable bonds is 38. The number of carbonyl (C=O) groups excluding carboxylic acids is 2. The molecule has 1 N–H and O–H groups in total. The van der Waals surface area contributed by atoms with Gasteiger partial charge < -0.3 is 18.9 Å². The van der Waals surface area contributed by atoms with Crippen molar-refractivity contribution in [3.63, 3.8) is 0 Å². The smallest absolute Gasteiger partial charge is 0.462 e. The lowest BCUT2D eigenvalue weighted by atomic mass is 10.1. The van der Waals surface area contributed by atoms with Crippen LogP contribution in [0.2, 0.25) is 0 Å². The Morgan fingerprint density at radius 2 is 1.00 bits per heavy atom. The molecule has 0 rings (SSSR count). The monoisotopic (exact) mass is 855 g/mol. The molecule has 0 aromatic rings. The van der Waals surface area contributed by atoms with Gasteiger partial charge >= 0.3 is 19.8 Å². The molecule has 338 valence electrons. The fourth-order valence-electron chi connectivity index (χ4n) is 5.19. The van der Waals surface area contributed by atoms with Crippen LogP contribution >= 0.6 is 7.82 Å². The topological polar surface area (TPSA) is 108 Å². The molecule has 0 radical (unpaired) electrons. The highest BCUT2D eigenvalue weighted by atomic mass is 31.2. The third kappa shape index (κ3) is 44.0. The molecule has 60 heavy (non-hydrogen) atoms. The summed E-state index contributed by atoms with van der Waals surface area (Å²) in [7, 11) is 1.40. The molecule has 0 bridgehead atoms. The fraction of sp³-hybridized carbons (Fsp3) is 0.560. The summed E-state index contributed by atoms with van der Waals surface area (Å²) in [6.45, 7) is 4.02. The molecule has 0 aliphatic carbocycles. The largest absolute Gasteiger partial charge is 0.472 e. The van der Waals surface area contributed by atoms with Gasteiger partial charge in [0.05, 0.1) is 27.7 Å². The number of unbranched alkanes of at least 4 members (excludes halogenated alkanes) is 8. The van der Waals surface area contributed by atoms with Crippen LogP contribution in [0.3, 0.4) is 0 Å². The molecule has 9 nitrogen and oxygen atoms in total. The lowest BCUT2D eigenvalue weighted by Gasteiger charge is -2.24. The molecule has 0 saturated heterocycles. The second-order valence-corrected chi connectivity index (χ2v) is 16.9. The number of allylic oxidation sites excluding steroid dienone is 20. The van der Waals surface area contributed by atoms with Gasteiger partial charge in [-0.2, -0.15) is 0 Å². The SMILES string of the molecule is CC/C=C/C=C/C=C/C=C/C=C/CCCC(=O)OC(COC(=O)CCCCCCCCC/C=C/C/C=C/C/C=C/C/C=C/C/C=C/CC)COP(=O)(O)OCC[N+](C)(C)C. The van der Waals surface area contributed by atoms with Crippen molar-refractivity contribution in [3.8, 4) is 0 Å². The van der Waals surface area contributed by atoms with Gasteiger partial charge in [0.15, 0.2) is 6.10 Å². The van der Waals surface area contributed by atoms with Crippen molar-refractivity contribution in [2.45, 2.75) is 136 Å². The van der Waals surface area contributed by atoms with Crippen LogP contribution in [-0.4, -0.2) is 74.9 Å². The van der Waals surface area contributed by atoms with E-state index < -0.39 is 32.5 Å². The molecule has 0 aliphatic rings. The zero-order chi connectivity index (χ0) is 44.3. The second-order valence-electron chi connectivity index (χ2n) is 15.4. The summed E-state index contributed by atoms with van der Waals surface area (Å²) < 4.78 is 34.2. The first-order chi connectivity index (χ1) is 29.0. The van der Waals surface area contributed by atoms with Crippen LogP contribution < -0.4 is 0 Å². The van der Waals surface area contributed by atoms with Crippen molar-refractivity contribution in [1.29, 1.82) is 0 Å². The van der Waals surface area contributed by atoms with Gasteiger partial charge in [-0.25, -0.2) is 4.57 Å². The summed E-state index contributed by atoms with van der Waals surface area (Å²) in [6, 6.07) is 0.